The molecule has 0 atom stereocenters. The van der Waals surface area contributed by atoms with Crippen LogP contribution < -0.4 is 4.74 Å². The van der Waals surface area contributed by atoms with Crippen molar-refractivity contribution < 1.29 is 9.47 Å². The summed E-state index contributed by atoms with van der Waals surface area (Å²) in [5.74, 6) is 0.854. The summed E-state index contributed by atoms with van der Waals surface area (Å²) in [6.45, 7) is 1.16. The van der Waals surface area contributed by atoms with Gasteiger partial charge >= 0.3 is 0 Å². The van der Waals surface area contributed by atoms with E-state index in [9.17, 15) is 0 Å². The van der Waals surface area contributed by atoms with Crippen LogP contribution in [0.5, 0.6) is 5.75 Å². The van der Waals surface area contributed by atoms with Gasteiger partial charge in [-0.1, -0.05) is 23.7 Å². The van der Waals surface area contributed by atoms with Gasteiger partial charge in [-0.25, -0.2) is 0 Å². The third-order valence-corrected chi connectivity index (χ3v) is 2.57. The molecule has 2 nitrogen and oxygen atoms in total. The molecule has 0 bridgehead atoms. The molecule has 3 heteroatoms. The highest BCUT2D eigenvalue weighted by atomic mass is 35.5. The minimum Gasteiger partial charge on any atom is -0.491 e. The van der Waals surface area contributed by atoms with Gasteiger partial charge in [0.1, 0.15) is 12.4 Å². The van der Waals surface area contributed by atoms with Gasteiger partial charge in [0.15, 0.2) is 0 Å². The second kappa shape index (κ2) is 5.19. The third kappa shape index (κ3) is 2.65. The molecule has 0 fully saturated rings. The zero-order valence-electron chi connectivity index (χ0n) is 9.07. The molecule has 2 rings (SSSR count). The number of benzene rings is 2. The summed E-state index contributed by atoms with van der Waals surface area (Å²) in [5.41, 5.74) is 0. The SMILES string of the molecule is COCCOc1ccc2cc(Cl)ccc2c1. The molecule has 0 amide bonds. The van der Waals surface area contributed by atoms with E-state index in [1.54, 1.807) is 7.11 Å². The van der Waals surface area contributed by atoms with Gasteiger partial charge in [-0.3, -0.25) is 0 Å². The number of ether oxygens (including phenoxy) is 2. The molecule has 0 spiro atoms. The highest BCUT2D eigenvalue weighted by Crippen LogP contribution is 2.23. The van der Waals surface area contributed by atoms with Gasteiger partial charge in [-0.05, 0) is 35.0 Å². The Labute approximate surface area is 99.7 Å². The van der Waals surface area contributed by atoms with Crippen LogP contribution in [0.25, 0.3) is 10.8 Å². The van der Waals surface area contributed by atoms with E-state index in [2.05, 4.69) is 0 Å². The van der Waals surface area contributed by atoms with Crippen LogP contribution in [-0.2, 0) is 4.74 Å². The molecule has 0 heterocycles. The molecule has 16 heavy (non-hydrogen) atoms. The molecule has 0 unspecified atom stereocenters. The molecule has 84 valence electrons. The van der Waals surface area contributed by atoms with Crippen molar-refractivity contribution >= 4 is 22.4 Å². The van der Waals surface area contributed by atoms with E-state index in [0.717, 1.165) is 21.5 Å². The zero-order valence-corrected chi connectivity index (χ0v) is 9.83. The first-order valence-corrected chi connectivity index (χ1v) is 5.48. The molecule has 2 aromatic carbocycles. The van der Waals surface area contributed by atoms with Gasteiger partial charge in [-0.15, -0.1) is 0 Å². The summed E-state index contributed by atoms with van der Waals surface area (Å²) in [7, 11) is 1.66. The van der Waals surface area contributed by atoms with Crippen molar-refractivity contribution in [1.82, 2.24) is 0 Å². The summed E-state index contributed by atoms with van der Waals surface area (Å²) in [6, 6.07) is 11.7. The Hall–Kier alpha value is -1.25. The van der Waals surface area contributed by atoms with Crippen molar-refractivity contribution in [2.24, 2.45) is 0 Å². The lowest BCUT2D eigenvalue weighted by Crippen LogP contribution is -2.03. The lowest BCUT2D eigenvalue weighted by atomic mass is 10.1. The Balaban J connectivity index is 2.20. The predicted molar refractivity (Wildman–Crippen MR) is 66.3 cm³/mol. The van der Waals surface area contributed by atoms with E-state index < -0.39 is 0 Å². The van der Waals surface area contributed by atoms with Crippen molar-refractivity contribution in [3.63, 3.8) is 0 Å². The second-order valence-corrected chi connectivity index (χ2v) is 3.93. The molecule has 0 aliphatic heterocycles. The summed E-state index contributed by atoms with van der Waals surface area (Å²) in [6.07, 6.45) is 0. The average molecular weight is 237 g/mol. The Morgan fingerprint density at radius 1 is 1.00 bits per heavy atom. The van der Waals surface area contributed by atoms with Gasteiger partial charge in [0.05, 0.1) is 6.61 Å². The lowest BCUT2D eigenvalue weighted by Gasteiger charge is -2.06. The van der Waals surface area contributed by atoms with Crippen molar-refractivity contribution in [3.05, 3.63) is 41.4 Å². The Morgan fingerprint density at radius 3 is 2.56 bits per heavy atom. The van der Waals surface area contributed by atoms with Gasteiger partial charge in [-0.2, -0.15) is 0 Å². The number of hydrogen-bond donors (Lipinski definition) is 0. The van der Waals surface area contributed by atoms with Crippen LogP contribution >= 0.6 is 11.6 Å². The summed E-state index contributed by atoms with van der Waals surface area (Å²) < 4.78 is 10.5. The lowest BCUT2D eigenvalue weighted by molar-refractivity contribution is 0.146. The molecule has 0 saturated carbocycles. The zero-order chi connectivity index (χ0) is 11.4. The molecular weight excluding hydrogens is 224 g/mol. The third-order valence-electron chi connectivity index (χ3n) is 2.33. The van der Waals surface area contributed by atoms with Gasteiger partial charge in [0.2, 0.25) is 0 Å². The van der Waals surface area contributed by atoms with Crippen LogP contribution in [-0.4, -0.2) is 20.3 Å². The standard InChI is InChI=1S/C13H13ClO2/c1-15-6-7-16-13-5-3-10-8-12(14)4-2-11(10)9-13/h2-5,8-9H,6-7H2,1H3. The van der Waals surface area contributed by atoms with Crippen molar-refractivity contribution in [2.75, 3.05) is 20.3 Å². The fourth-order valence-electron chi connectivity index (χ4n) is 1.53. The molecule has 2 aromatic rings. The van der Waals surface area contributed by atoms with E-state index >= 15 is 0 Å². The van der Waals surface area contributed by atoms with Crippen LogP contribution in [0.2, 0.25) is 5.02 Å². The number of halogens is 1. The first kappa shape index (κ1) is 11.2. The molecule has 0 aromatic heterocycles. The molecule has 0 radical (unpaired) electrons. The molecule has 0 saturated heterocycles. The van der Waals surface area contributed by atoms with Crippen molar-refractivity contribution in [3.8, 4) is 5.75 Å². The summed E-state index contributed by atoms with van der Waals surface area (Å²) >= 11 is 5.91. The van der Waals surface area contributed by atoms with Crippen LogP contribution in [0.4, 0.5) is 0 Å². The highest BCUT2D eigenvalue weighted by molar-refractivity contribution is 6.31. The number of fused-ring (bicyclic) bond motifs is 1. The average Bonchev–Trinajstić information content (AvgIpc) is 2.29. The van der Waals surface area contributed by atoms with Crippen LogP contribution in [0.3, 0.4) is 0 Å². The molecular formula is C13H13ClO2. The van der Waals surface area contributed by atoms with Crippen LogP contribution in [0, 0.1) is 0 Å². The second-order valence-electron chi connectivity index (χ2n) is 3.49. The van der Waals surface area contributed by atoms with Crippen LogP contribution in [0.15, 0.2) is 36.4 Å². The maximum Gasteiger partial charge on any atom is 0.120 e. The largest absolute Gasteiger partial charge is 0.491 e. The normalized spacial score (nSPS) is 10.6. The fraction of sp³-hybridized carbons (Fsp3) is 0.231. The smallest absolute Gasteiger partial charge is 0.120 e. The minimum atomic E-state index is 0.565. The van der Waals surface area contributed by atoms with Gasteiger partial charge < -0.3 is 9.47 Å². The Morgan fingerprint density at radius 2 is 1.75 bits per heavy atom. The predicted octanol–water partition coefficient (Wildman–Crippen LogP) is 3.52. The molecule has 0 aliphatic rings. The number of methoxy groups -OCH3 is 1. The molecule has 0 aliphatic carbocycles. The number of rotatable bonds is 4. The number of hydrogen-bond acceptors (Lipinski definition) is 2. The Kier molecular flexibility index (Phi) is 3.65. The maximum atomic E-state index is 5.91. The van der Waals surface area contributed by atoms with Crippen molar-refractivity contribution in [1.29, 1.82) is 0 Å². The fourth-order valence-corrected chi connectivity index (χ4v) is 1.71. The quantitative estimate of drug-likeness (QED) is 0.757. The van der Waals surface area contributed by atoms with E-state index in [1.807, 2.05) is 36.4 Å². The Bertz CT molecular complexity index is 482. The topological polar surface area (TPSA) is 18.5 Å². The monoisotopic (exact) mass is 236 g/mol. The van der Waals surface area contributed by atoms with Crippen molar-refractivity contribution in [2.45, 2.75) is 0 Å². The van der Waals surface area contributed by atoms with Crippen LogP contribution in [0.1, 0.15) is 0 Å². The summed E-state index contributed by atoms with van der Waals surface area (Å²) in [5, 5.41) is 2.99. The first-order chi connectivity index (χ1) is 7.79. The first-order valence-electron chi connectivity index (χ1n) is 5.10. The van der Waals surface area contributed by atoms with E-state index in [1.165, 1.54) is 0 Å². The maximum absolute atomic E-state index is 5.91. The summed E-state index contributed by atoms with van der Waals surface area (Å²) in [4.78, 5) is 0. The van der Waals surface area contributed by atoms with E-state index in [0.29, 0.717) is 13.2 Å². The highest BCUT2D eigenvalue weighted by Gasteiger charge is 1.98. The molecule has 0 N–H and O–H groups in total. The minimum absolute atomic E-state index is 0.565. The van der Waals surface area contributed by atoms with Gasteiger partial charge in [0.25, 0.3) is 0 Å². The van der Waals surface area contributed by atoms with E-state index in [-0.39, 0.29) is 0 Å². The van der Waals surface area contributed by atoms with Gasteiger partial charge in [0, 0.05) is 12.1 Å². The van der Waals surface area contributed by atoms with E-state index in [4.69, 9.17) is 21.1 Å².